The molecule has 1 aromatic carbocycles. The van der Waals surface area contributed by atoms with E-state index in [4.69, 9.17) is 14.2 Å². The van der Waals surface area contributed by atoms with E-state index in [9.17, 15) is 0 Å². The van der Waals surface area contributed by atoms with Crippen molar-refractivity contribution in [2.45, 2.75) is 49.9 Å². The minimum Gasteiger partial charge on any atom is -0.497 e. The van der Waals surface area contributed by atoms with E-state index in [1.165, 1.54) is 12.0 Å². The van der Waals surface area contributed by atoms with Crippen molar-refractivity contribution in [1.82, 2.24) is 5.32 Å². The Morgan fingerprint density at radius 2 is 2.14 bits per heavy atom. The average Bonchev–Trinajstić information content (AvgIpc) is 2.53. The molecule has 21 heavy (non-hydrogen) atoms. The fraction of sp³-hybridized carbons (Fsp3) is 0.647. The molecule has 3 unspecified atom stereocenters. The molecule has 0 aromatic heterocycles. The van der Waals surface area contributed by atoms with Gasteiger partial charge in [0.25, 0.3) is 0 Å². The summed E-state index contributed by atoms with van der Waals surface area (Å²) in [5.74, 6) is 1.87. The molecule has 2 aliphatic rings. The van der Waals surface area contributed by atoms with E-state index in [-0.39, 0.29) is 5.60 Å². The maximum atomic E-state index is 6.45. The molecule has 1 aliphatic carbocycles. The Hall–Kier alpha value is -1.26. The minimum atomic E-state index is -0.0891. The van der Waals surface area contributed by atoms with E-state index in [2.05, 4.69) is 11.4 Å². The smallest absolute Gasteiger partial charge is 0.125 e. The third-order valence-corrected chi connectivity index (χ3v) is 4.93. The van der Waals surface area contributed by atoms with Crippen LogP contribution in [-0.4, -0.2) is 33.0 Å². The second kappa shape index (κ2) is 5.85. The highest BCUT2D eigenvalue weighted by Crippen LogP contribution is 2.47. The van der Waals surface area contributed by atoms with Gasteiger partial charge >= 0.3 is 0 Å². The Kier molecular flexibility index (Phi) is 4.09. The second-order valence-electron chi connectivity index (χ2n) is 6.19. The second-order valence-corrected chi connectivity index (χ2v) is 6.19. The van der Waals surface area contributed by atoms with Crippen molar-refractivity contribution in [1.29, 1.82) is 0 Å². The van der Waals surface area contributed by atoms with Gasteiger partial charge in [-0.15, -0.1) is 0 Å². The van der Waals surface area contributed by atoms with Crippen LogP contribution in [0.4, 0.5) is 0 Å². The average molecular weight is 291 g/mol. The number of ether oxygens (including phenoxy) is 3. The first kappa shape index (κ1) is 14.7. The number of benzene rings is 1. The molecule has 116 valence electrons. The molecular formula is C17H25NO3. The summed E-state index contributed by atoms with van der Waals surface area (Å²) in [7, 11) is 5.52. The lowest BCUT2D eigenvalue weighted by Crippen LogP contribution is -2.48. The van der Waals surface area contributed by atoms with Gasteiger partial charge in [-0.1, -0.05) is 0 Å². The maximum Gasteiger partial charge on any atom is 0.125 e. The lowest BCUT2D eigenvalue weighted by molar-refractivity contribution is -0.0598. The molecule has 3 atom stereocenters. The highest BCUT2D eigenvalue weighted by atomic mass is 16.5. The molecule has 0 amide bonds. The van der Waals surface area contributed by atoms with Crippen molar-refractivity contribution in [3.8, 4) is 11.5 Å². The molecular weight excluding hydrogens is 266 g/mol. The van der Waals surface area contributed by atoms with E-state index < -0.39 is 0 Å². The monoisotopic (exact) mass is 291 g/mol. The van der Waals surface area contributed by atoms with Crippen LogP contribution < -0.4 is 14.8 Å². The highest BCUT2D eigenvalue weighted by Gasteiger charge is 2.44. The Morgan fingerprint density at radius 1 is 1.29 bits per heavy atom. The van der Waals surface area contributed by atoms with Gasteiger partial charge < -0.3 is 19.5 Å². The number of rotatable bonds is 3. The lowest BCUT2D eigenvalue weighted by atomic mass is 9.76. The van der Waals surface area contributed by atoms with Crippen molar-refractivity contribution in [3.63, 3.8) is 0 Å². The molecule has 1 fully saturated rings. The molecule has 4 heteroatoms. The van der Waals surface area contributed by atoms with E-state index in [1.54, 1.807) is 14.2 Å². The number of hydrogen-bond donors (Lipinski definition) is 1. The zero-order valence-electron chi connectivity index (χ0n) is 13.1. The van der Waals surface area contributed by atoms with Crippen LogP contribution in [0.2, 0.25) is 0 Å². The summed E-state index contributed by atoms with van der Waals surface area (Å²) in [5, 5.41) is 3.44. The van der Waals surface area contributed by atoms with Gasteiger partial charge in [0.1, 0.15) is 17.1 Å². The van der Waals surface area contributed by atoms with E-state index in [0.717, 1.165) is 37.2 Å². The summed E-state index contributed by atoms with van der Waals surface area (Å²) >= 11 is 0. The number of nitrogens with one attached hydrogen (secondary N) is 1. The molecule has 1 aromatic rings. The fourth-order valence-electron chi connectivity index (χ4n) is 3.78. The SMILES string of the molecule is CNC1CC2(CCCC(OC)C2)Oc2ccc(OC)cc21. The van der Waals surface area contributed by atoms with Crippen molar-refractivity contribution in [2.75, 3.05) is 21.3 Å². The molecule has 0 bridgehead atoms. The first-order chi connectivity index (χ1) is 10.2. The Bertz CT molecular complexity index is 505. The summed E-state index contributed by atoms with van der Waals surface area (Å²) in [6.45, 7) is 0. The standard InChI is InChI=1S/C17H25NO3/c1-18-15-11-17(8-4-5-13(10-17)20-3)21-16-7-6-12(19-2)9-14(15)16/h6-7,9,13,15,18H,4-5,8,10-11H2,1-3H3. The quantitative estimate of drug-likeness (QED) is 0.929. The Morgan fingerprint density at radius 3 is 2.86 bits per heavy atom. The van der Waals surface area contributed by atoms with Gasteiger partial charge in [-0.3, -0.25) is 0 Å². The minimum absolute atomic E-state index is 0.0891. The Labute approximate surface area is 126 Å². The normalized spacial score (nSPS) is 31.6. The van der Waals surface area contributed by atoms with Crippen LogP contribution in [0.25, 0.3) is 0 Å². The van der Waals surface area contributed by atoms with Crippen molar-refractivity contribution in [2.24, 2.45) is 0 Å². The van der Waals surface area contributed by atoms with Crippen LogP contribution in [0.1, 0.15) is 43.7 Å². The molecule has 4 nitrogen and oxygen atoms in total. The van der Waals surface area contributed by atoms with Crippen molar-refractivity contribution in [3.05, 3.63) is 23.8 Å². The van der Waals surface area contributed by atoms with Crippen LogP contribution in [0.15, 0.2) is 18.2 Å². The van der Waals surface area contributed by atoms with E-state index in [0.29, 0.717) is 12.1 Å². The Balaban J connectivity index is 1.91. The van der Waals surface area contributed by atoms with Gasteiger partial charge in [0.15, 0.2) is 0 Å². The van der Waals surface area contributed by atoms with E-state index >= 15 is 0 Å². The zero-order valence-corrected chi connectivity index (χ0v) is 13.1. The first-order valence-corrected chi connectivity index (χ1v) is 7.77. The molecule has 1 spiro atoms. The van der Waals surface area contributed by atoms with Crippen LogP contribution in [0.5, 0.6) is 11.5 Å². The van der Waals surface area contributed by atoms with Gasteiger partial charge in [0.2, 0.25) is 0 Å². The summed E-state index contributed by atoms with van der Waals surface area (Å²) in [6, 6.07) is 6.40. The maximum absolute atomic E-state index is 6.45. The van der Waals surface area contributed by atoms with E-state index in [1.807, 2.05) is 19.2 Å². The van der Waals surface area contributed by atoms with Gasteiger partial charge in [-0.05, 0) is 44.5 Å². The third kappa shape index (κ3) is 2.74. The van der Waals surface area contributed by atoms with Crippen LogP contribution in [0, 0.1) is 0 Å². The molecule has 1 heterocycles. The van der Waals surface area contributed by atoms with Crippen molar-refractivity contribution >= 4 is 0 Å². The molecule has 0 saturated heterocycles. The predicted molar refractivity (Wildman–Crippen MR) is 82.0 cm³/mol. The summed E-state index contributed by atoms with van der Waals surface area (Å²) in [6.07, 6.45) is 5.70. The van der Waals surface area contributed by atoms with Gasteiger partial charge in [0, 0.05) is 31.6 Å². The van der Waals surface area contributed by atoms with Crippen LogP contribution >= 0.6 is 0 Å². The fourth-order valence-corrected chi connectivity index (χ4v) is 3.78. The molecule has 1 aliphatic heterocycles. The number of methoxy groups -OCH3 is 2. The summed E-state index contributed by atoms with van der Waals surface area (Å²) in [4.78, 5) is 0. The van der Waals surface area contributed by atoms with Crippen molar-refractivity contribution < 1.29 is 14.2 Å². The highest BCUT2D eigenvalue weighted by molar-refractivity contribution is 5.44. The number of fused-ring (bicyclic) bond motifs is 1. The topological polar surface area (TPSA) is 39.7 Å². The predicted octanol–water partition coefficient (Wildman–Crippen LogP) is 3.07. The molecule has 1 saturated carbocycles. The number of hydrogen-bond acceptors (Lipinski definition) is 4. The first-order valence-electron chi connectivity index (χ1n) is 7.77. The summed E-state index contributed by atoms with van der Waals surface area (Å²) in [5.41, 5.74) is 1.11. The van der Waals surface area contributed by atoms with Crippen LogP contribution in [-0.2, 0) is 4.74 Å². The van der Waals surface area contributed by atoms with Gasteiger partial charge in [-0.25, -0.2) is 0 Å². The molecule has 3 rings (SSSR count). The summed E-state index contributed by atoms with van der Waals surface area (Å²) < 4.78 is 17.4. The van der Waals surface area contributed by atoms with Gasteiger partial charge in [0.05, 0.1) is 13.2 Å². The third-order valence-electron chi connectivity index (χ3n) is 4.93. The zero-order chi connectivity index (χ0) is 14.9. The lowest BCUT2D eigenvalue weighted by Gasteiger charge is -2.46. The molecule has 0 radical (unpaired) electrons. The molecule has 1 N–H and O–H groups in total. The largest absolute Gasteiger partial charge is 0.497 e. The van der Waals surface area contributed by atoms with Crippen LogP contribution in [0.3, 0.4) is 0 Å². The van der Waals surface area contributed by atoms with Gasteiger partial charge in [-0.2, -0.15) is 0 Å².